The largest absolute Gasteiger partial charge is 0.481 e. The van der Waals surface area contributed by atoms with Gasteiger partial charge in [0.25, 0.3) is 5.95 Å². The molecule has 0 saturated carbocycles. The van der Waals surface area contributed by atoms with Gasteiger partial charge < -0.3 is 9.84 Å². The molecule has 0 amide bonds. The SMILES string of the molecule is COC(O)=C1C=CC=C1. The fraction of sp³-hybridized carbons (Fsp3) is 0.143. The fourth-order valence-electron chi connectivity index (χ4n) is 0.634. The first kappa shape index (κ1) is 5.95. The zero-order valence-electron chi connectivity index (χ0n) is 5.16. The molecule has 1 N–H and O–H groups in total. The molecule has 0 fully saturated rings. The van der Waals surface area contributed by atoms with Crippen LogP contribution in [0.3, 0.4) is 0 Å². The molecular formula is C7H8O2. The Bertz CT molecular complexity index is 173. The summed E-state index contributed by atoms with van der Waals surface area (Å²) in [5.74, 6) is -0.0278. The van der Waals surface area contributed by atoms with Crippen LogP contribution in [0.4, 0.5) is 0 Å². The minimum Gasteiger partial charge on any atom is -0.481 e. The third-order valence-electron chi connectivity index (χ3n) is 1.10. The lowest BCUT2D eigenvalue weighted by Gasteiger charge is -1.96. The van der Waals surface area contributed by atoms with E-state index in [1.807, 2.05) is 12.2 Å². The van der Waals surface area contributed by atoms with E-state index in [-0.39, 0.29) is 5.95 Å². The van der Waals surface area contributed by atoms with E-state index in [1.54, 1.807) is 12.2 Å². The highest BCUT2D eigenvalue weighted by Gasteiger charge is 1.99. The van der Waals surface area contributed by atoms with Crippen LogP contribution < -0.4 is 0 Å². The predicted molar refractivity (Wildman–Crippen MR) is 34.9 cm³/mol. The van der Waals surface area contributed by atoms with E-state index in [1.165, 1.54) is 7.11 Å². The monoisotopic (exact) mass is 124 g/mol. The Labute approximate surface area is 53.8 Å². The molecular weight excluding hydrogens is 116 g/mol. The average Bonchev–Trinajstić information content (AvgIpc) is 2.37. The van der Waals surface area contributed by atoms with Crippen molar-refractivity contribution in [2.24, 2.45) is 0 Å². The fourth-order valence-corrected chi connectivity index (χ4v) is 0.634. The minimum absolute atomic E-state index is 0.0278. The third-order valence-corrected chi connectivity index (χ3v) is 1.10. The van der Waals surface area contributed by atoms with Gasteiger partial charge in [-0.25, -0.2) is 0 Å². The second-order valence-corrected chi connectivity index (χ2v) is 1.68. The molecule has 0 aliphatic heterocycles. The van der Waals surface area contributed by atoms with Gasteiger partial charge in [-0.05, 0) is 12.2 Å². The lowest BCUT2D eigenvalue weighted by molar-refractivity contribution is 0.134. The van der Waals surface area contributed by atoms with Crippen molar-refractivity contribution in [2.75, 3.05) is 7.11 Å². The van der Waals surface area contributed by atoms with Crippen LogP contribution in [0.15, 0.2) is 35.8 Å². The number of methoxy groups -OCH3 is 1. The number of allylic oxidation sites excluding steroid dienone is 5. The Balaban J connectivity index is 2.81. The lowest BCUT2D eigenvalue weighted by Crippen LogP contribution is -1.86. The molecule has 2 nitrogen and oxygen atoms in total. The van der Waals surface area contributed by atoms with Gasteiger partial charge in [0, 0.05) is 0 Å². The molecule has 2 heteroatoms. The summed E-state index contributed by atoms with van der Waals surface area (Å²) in [6.45, 7) is 0. The number of hydrogen-bond donors (Lipinski definition) is 1. The highest BCUT2D eigenvalue weighted by molar-refractivity contribution is 5.40. The molecule has 0 heterocycles. The number of hydrogen-bond acceptors (Lipinski definition) is 2. The molecule has 48 valence electrons. The molecule has 1 rings (SSSR count). The highest BCUT2D eigenvalue weighted by Crippen LogP contribution is 2.10. The molecule has 0 aromatic rings. The Morgan fingerprint density at radius 1 is 1.44 bits per heavy atom. The van der Waals surface area contributed by atoms with E-state index in [2.05, 4.69) is 4.74 Å². The maximum absolute atomic E-state index is 8.91. The van der Waals surface area contributed by atoms with Crippen LogP contribution >= 0.6 is 0 Å². The smallest absolute Gasteiger partial charge is 0.283 e. The van der Waals surface area contributed by atoms with Gasteiger partial charge in [-0.15, -0.1) is 0 Å². The van der Waals surface area contributed by atoms with E-state index in [0.717, 1.165) is 5.57 Å². The summed E-state index contributed by atoms with van der Waals surface area (Å²) >= 11 is 0. The minimum atomic E-state index is -0.0278. The summed E-state index contributed by atoms with van der Waals surface area (Å²) in [6.07, 6.45) is 7.23. The van der Waals surface area contributed by atoms with Gasteiger partial charge in [-0.2, -0.15) is 0 Å². The van der Waals surface area contributed by atoms with E-state index < -0.39 is 0 Å². The molecule has 0 aromatic heterocycles. The normalized spacial score (nSPS) is 14.6. The Morgan fingerprint density at radius 2 is 2.00 bits per heavy atom. The van der Waals surface area contributed by atoms with Gasteiger partial charge in [-0.3, -0.25) is 0 Å². The van der Waals surface area contributed by atoms with Crippen molar-refractivity contribution >= 4 is 0 Å². The van der Waals surface area contributed by atoms with Crippen LogP contribution in [0.1, 0.15) is 0 Å². The third kappa shape index (κ3) is 1.13. The van der Waals surface area contributed by atoms with Crippen molar-refractivity contribution in [1.29, 1.82) is 0 Å². The maximum atomic E-state index is 8.91. The summed E-state index contributed by atoms with van der Waals surface area (Å²) in [7, 11) is 1.43. The maximum Gasteiger partial charge on any atom is 0.283 e. The van der Waals surface area contributed by atoms with Crippen LogP contribution in [0, 0.1) is 0 Å². The molecule has 9 heavy (non-hydrogen) atoms. The second kappa shape index (κ2) is 2.40. The van der Waals surface area contributed by atoms with E-state index in [9.17, 15) is 0 Å². The van der Waals surface area contributed by atoms with Gasteiger partial charge in [0.05, 0.1) is 12.7 Å². The molecule has 1 aliphatic rings. The predicted octanol–water partition coefficient (Wildman–Crippen LogP) is 1.53. The van der Waals surface area contributed by atoms with E-state index >= 15 is 0 Å². The first-order chi connectivity index (χ1) is 4.34. The molecule has 0 aromatic carbocycles. The standard InChI is InChI=1S/C7H8O2/c1-9-7(8)6-4-2-3-5-6/h2-5,8H,1H3. The van der Waals surface area contributed by atoms with Crippen LogP contribution in [0.2, 0.25) is 0 Å². The summed E-state index contributed by atoms with van der Waals surface area (Å²) in [4.78, 5) is 0. The first-order valence-electron chi connectivity index (χ1n) is 2.66. The Kier molecular flexibility index (Phi) is 1.58. The molecule has 0 bridgehead atoms. The van der Waals surface area contributed by atoms with E-state index in [4.69, 9.17) is 5.11 Å². The van der Waals surface area contributed by atoms with Gasteiger partial charge in [0.15, 0.2) is 0 Å². The summed E-state index contributed by atoms with van der Waals surface area (Å²) < 4.78 is 4.57. The summed E-state index contributed by atoms with van der Waals surface area (Å²) in [5.41, 5.74) is 0.720. The van der Waals surface area contributed by atoms with Crippen LogP contribution in [0.25, 0.3) is 0 Å². The van der Waals surface area contributed by atoms with Crippen LogP contribution in [-0.4, -0.2) is 12.2 Å². The van der Waals surface area contributed by atoms with Crippen molar-refractivity contribution in [3.05, 3.63) is 35.8 Å². The Hall–Kier alpha value is -1.18. The number of ether oxygens (including phenoxy) is 1. The van der Waals surface area contributed by atoms with Gasteiger partial charge >= 0.3 is 0 Å². The van der Waals surface area contributed by atoms with Crippen LogP contribution in [0.5, 0.6) is 0 Å². The topological polar surface area (TPSA) is 29.5 Å². The zero-order chi connectivity index (χ0) is 6.69. The van der Waals surface area contributed by atoms with Gasteiger partial charge in [0.1, 0.15) is 0 Å². The van der Waals surface area contributed by atoms with E-state index in [0.29, 0.717) is 0 Å². The zero-order valence-corrected chi connectivity index (χ0v) is 5.16. The Morgan fingerprint density at radius 3 is 2.44 bits per heavy atom. The van der Waals surface area contributed by atoms with Gasteiger partial charge in [-0.1, -0.05) is 12.2 Å². The highest BCUT2D eigenvalue weighted by atomic mass is 16.6. The van der Waals surface area contributed by atoms with Crippen molar-refractivity contribution in [3.8, 4) is 0 Å². The van der Waals surface area contributed by atoms with Crippen molar-refractivity contribution in [1.82, 2.24) is 0 Å². The molecule has 0 atom stereocenters. The van der Waals surface area contributed by atoms with Crippen LogP contribution in [-0.2, 0) is 4.74 Å². The lowest BCUT2D eigenvalue weighted by atomic mass is 10.3. The summed E-state index contributed by atoms with van der Waals surface area (Å²) in [6, 6.07) is 0. The number of rotatable bonds is 1. The van der Waals surface area contributed by atoms with Crippen molar-refractivity contribution in [2.45, 2.75) is 0 Å². The first-order valence-corrected chi connectivity index (χ1v) is 2.66. The quantitative estimate of drug-likeness (QED) is 0.537. The number of aliphatic hydroxyl groups excluding tert-OH is 1. The molecule has 0 saturated heterocycles. The van der Waals surface area contributed by atoms with Crippen molar-refractivity contribution < 1.29 is 9.84 Å². The number of aliphatic hydroxyl groups is 1. The summed E-state index contributed by atoms with van der Waals surface area (Å²) in [5, 5.41) is 8.91. The molecule has 0 spiro atoms. The van der Waals surface area contributed by atoms with Gasteiger partial charge in [0.2, 0.25) is 0 Å². The molecule has 0 radical (unpaired) electrons. The second-order valence-electron chi connectivity index (χ2n) is 1.68. The van der Waals surface area contributed by atoms with Crippen molar-refractivity contribution in [3.63, 3.8) is 0 Å². The average molecular weight is 124 g/mol. The molecule has 0 unspecified atom stereocenters. The molecule has 1 aliphatic carbocycles.